The molecule has 23 heavy (non-hydrogen) atoms. The summed E-state index contributed by atoms with van der Waals surface area (Å²) in [6, 6.07) is 10.1. The Balaban J connectivity index is 1.62. The summed E-state index contributed by atoms with van der Waals surface area (Å²) in [4.78, 5) is 5.59. The van der Waals surface area contributed by atoms with Gasteiger partial charge >= 0.3 is 0 Å². The molecule has 0 spiro atoms. The van der Waals surface area contributed by atoms with Crippen LogP contribution >= 0.6 is 23.1 Å². The number of rotatable bonds is 6. The van der Waals surface area contributed by atoms with Gasteiger partial charge in [0.05, 0.1) is 12.7 Å². The Hall–Kier alpha value is -1.78. The first-order valence-electron chi connectivity index (χ1n) is 6.66. The molecule has 7 nitrogen and oxygen atoms in total. The molecule has 120 valence electrons. The van der Waals surface area contributed by atoms with Gasteiger partial charge in [-0.05, 0) is 29.0 Å². The van der Waals surface area contributed by atoms with E-state index in [-0.39, 0.29) is 4.21 Å². The molecule has 0 fully saturated rings. The smallest absolute Gasteiger partial charge is 0.236 e. The Bertz CT molecular complexity index is 889. The normalized spacial score (nSPS) is 11.7. The van der Waals surface area contributed by atoms with Crippen LogP contribution in [-0.4, -0.2) is 39.9 Å². The number of hydrogen-bond acceptors (Lipinski definition) is 8. The zero-order chi connectivity index (χ0) is 16.3. The molecule has 10 heteroatoms. The SMILES string of the molecule is CS(=O)(=O)c1cnc(Sc2nnn(CCc3ccccc3)n2)s1. The van der Waals surface area contributed by atoms with Gasteiger partial charge in [0.2, 0.25) is 5.16 Å². The summed E-state index contributed by atoms with van der Waals surface area (Å²) < 4.78 is 23.7. The molecule has 0 N–H and O–H groups in total. The topological polar surface area (TPSA) is 90.6 Å². The van der Waals surface area contributed by atoms with E-state index in [1.165, 1.54) is 28.3 Å². The first-order valence-corrected chi connectivity index (χ1v) is 10.2. The molecule has 0 atom stereocenters. The predicted octanol–water partition coefficient (Wildman–Crippen LogP) is 1.93. The summed E-state index contributed by atoms with van der Waals surface area (Å²) in [5, 5.41) is 12.7. The second kappa shape index (κ2) is 6.77. The van der Waals surface area contributed by atoms with Gasteiger partial charge in [0.1, 0.15) is 4.21 Å². The first kappa shape index (κ1) is 16.1. The Labute approximate surface area is 141 Å². The van der Waals surface area contributed by atoms with E-state index in [0.29, 0.717) is 16.0 Å². The Morgan fingerprint density at radius 1 is 1.26 bits per heavy atom. The quantitative estimate of drug-likeness (QED) is 0.657. The van der Waals surface area contributed by atoms with Gasteiger partial charge in [-0.3, -0.25) is 0 Å². The standard InChI is InChI=1S/C13H13N5O2S3/c1-23(19,20)11-9-14-13(21-11)22-12-15-17-18(16-12)8-7-10-5-3-2-4-6-10/h2-6,9H,7-8H2,1H3. The largest absolute Gasteiger partial charge is 0.238 e. The van der Waals surface area contributed by atoms with E-state index in [1.807, 2.05) is 18.2 Å². The molecule has 3 rings (SSSR count). The monoisotopic (exact) mass is 367 g/mol. The molecule has 2 heterocycles. The average Bonchev–Trinajstić information content (AvgIpc) is 3.16. The Morgan fingerprint density at radius 2 is 2.04 bits per heavy atom. The van der Waals surface area contributed by atoms with Crippen molar-refractivity contribution < 1.29 is 8.42 Å². The lowest BCUT2D eigenvalue weighted by molar-refractivity contribution is 0.519. The van der Waals surface area contributed by atoms with E-state index >= 15 is 0 Å². The number of hydrogen-bond donors (Lipinski definition) is 0. The van der Waals surface area contributed by atoms with Crippen LogP contribution in [0.15, 0.2) is 50.2 Å². The highest BCUT2D eigenvalue weighted by Crippen LogP contribution is 2.30. The zero-order valence-corrected chi connectivity index (χ0v) is 14.6. The van der Waals surface area contributed by atoms with Crippen LogP contribution in [0.4, 0.5) is 0 Å². The number of thiazole rings is 1. The van der Waals surface area contributed by atoms with Crippen LogP contribution in [0, 0.1) is 0 Å². The fourth-order valence-electron chi connectivity index (χ4n) is 1.78. The number of tetrazole rings is 1. The molecular weight excluding hydrogens is 354 g/mol. The predicted molar refractivity (Wildman–Crippen MR) is 87.3 cm³/mol. The van der Waals surface area contributed by atoms with Crippen molar-refractivity contribution in [2.24, 2.45) is 0 Å². The highest BCUT2D eigenvalue weighted by molar-refractivity contribution is 8.01. The van der Waals surface area contributed by atoms with Crippen LogP contribution in [0.25, 0.3) is 0 Å². The van der Waals surface area contributed by atoms with E-state index in [4.69, 9.17) is 0 Å². The molecule has 0 aliphatic rings. The third kappa shape index (κ3) is 4.36. The lowest BCUT2D eigenvalue weighted by Gasteiger charge is -1.99. The number of aryl methyl sites for hydroxylation is 2. The fourth-order valence-corrected chi connectivity index (χ4v) is 4.54. The average molecular weight is 367 g/mol. The van der Waals surface area contributed by atoms with Crippen LogP contribution in [0.5, 0.6) is 0 Å². The number of nitrogens with zero attached hydrogens (tertiary/aromatic N) is 5. The van der Waals surface area contributed by atoms with Gasteiger partial charge in [0.25, 0.3) is 0 Å². The molecule has 0 radical (unpaired) electrons. The van der Waals surface area contributed by atoms with Crippen LogP contribution in [0.1, 0.15) is 5.56 Å². The molecule has 0 saturated heterocycles. The third-order valence-electron chi connectivity index (χ3n) is 2.89. The number of benzene rings is 1. The highest BCUT2D eigenvalue weighted by Gasteiger charge is 2.14. The minimum Gasteiger partial charge on any atom is -0.236 e. The van der Waals surface area contributed by atoms with Crippen molar-refractivity contribution in [1.29, 1.82) is 0 Å². The van der Waals surface area contributed by atoms with Crippen LogP contribution < -0.4 is 0 Å². The molecule has 2 aromatic heterocycles. The molecule has 0 unspecified atom stereocenters. The van der Waals surface area contributed by atoms with Crippen molar-refractivity contribution in [3.63, 3.8) is 0 Å². The summed E-state index contributed by atoms with van der Waals surface area (Å²) >= 11 is 2.31. The van der Waals surface area contributed by atoms with Gasteiger partial charge in [0, 0.05) is 6.26 Å². The molecule has 0 aliphatic heterocycles. The highest BCUT2D eigenvalue weighted by atomic mass is 32.2. The van der Waals surface area contributed by atoms with E-state index in [0.717, 1.165) is 24.0 Å². The minimum atomic E-state index is -3.23. The fraction of sp³-hybridized carbons (Fsp3) is 0.231. The molecule has 3 aromatic rings. The van der Waals surface area contributed by atoms with Crippen molar-refractivity contribution in [2.45, 2.75) is 26.7 Å². The molecule has 0 aliphatic carbocycles. The van der Waals surface area contributed by atoms with Crippen LogP contribution in [0.3, 0.4) is 0 Å². The van der Waals surface area contributed by atoms with E-state index in [1.54, 1.807) is 0 Å². The maximum absolute atomic E-state index is 11.4. The van der Waals surface area contributed by atoms with Gasteiger partial charge in [-0.2, -0.15) is 4.80 Å². The number of sulfone groups is 1. The third-order valence-corrected chi connectivity index (χ3v) is 6.59. The van der Waals surface area contributed by atoms with Crippen molar-refractivity contribution in [3.8, 4) is 0 Å². The second-order valence-electron chi connectivity index (χ2n) is 4.72. The van der Waals surface area contributed by atoms with Crippen LogP contribution in [0.2, 0.25) is 0 Å². The summed E-state index contributed by atoms with van der Waals surface area (Å²) in [5.74, 6) is 0. The summed E-state index contributed by atoms with van der Waals surface area (Å²) in [6.45, 7) is 0.629. The first-order chi connectivity index (χ1) is 11.0. The zero-order valence-electron chi connectivity index (χ0n) is 12.2. The molecule has 0 bridgehead atoms. The summed E-state index contributed by atoms with van der Waals surface area (Å²) in [6.07, 6.45) is 3.33. The maximum atomic E-state index is 11.4. The van der Waals surface area contributed by atoms with Gasteiger partial charge in [-0.1, -0.05) is 41.7 Å². The second-order valence-corrected chi connectivity index (χ2v) is 9.21. The maximum Gasteiger partial charge on any atom is 0.238 e. The van der Waals surface area contributed by atoms with Gasteiger partial charge < -0.3 is 0 Å². The van der Waals surface area contributed by atoms with Crippen LogP contribution in [-0.2, 0) is 22.8 Å². The minimum absolute atomic E-state index is 0.233. The molecular formula is C13H13N5O2S3. The Morgan fingerprint density at radius 3 is 2.74 bits per heavy atom. The lowest BCUT2D eigenvalue weighted by Crippen LogP contribution is -2.05. The number of aromatic nitrogens is 5. The van der Waals surface area contributed by atoms with Gasteiger partial charge in [-0.15, -0.1) is 10.2 Å². The van der Waals surface area contributed by atoms with E-state index in [2.05, 4.69) is 32.5 Å². The lowest BCUT2D eigenvalue weighted by atomic mass is 10.2. The van der Waals surface area contributed by atoms with E-state index < -0.39 is 9.84 Å². The van der Waals surface area contributed by atoms with Crippen molar-refractivity contribution in [3.05, 3.63) is 42.1 Å². The summed E-state index contributed by atoms with van der Waals surface area (Å²) in [5.41, 5.74) is 1.21. The van der Waals surface area contributed by atoms with Crippen molar-refractivity contribution in [1.82, 2.24) is 25.2 Å². The molecule has 0 amide bonds. The Kier molecular flexibility index (Phi) is 4.74. The van der Waals surface area contributed by atoms with Gasteiger partial charge in [0.15, 0.2) is 14.2 Å². The summed E-state index contributed by atoms with van der Waals surface area (Å²) in [7, 11) is -3.23. The van der Waals surface area contributed by atoms with Gasteiger partial charge in [-0.25, -0.2) is 13.4 Å². The molecule has 1 aromatic carbocycles. The van der Waals surface area contributed by atoms with Crippen molar-refractivity contribution in [2.75, 3.05) is 6.26 Å². The molecule has 0 saturated carbocycles. The van der Waals surface area contributed by atoms with Crippen molar-refractivity contribution >= 4 is 32.9 Å². The van der Waals surface area contributed by atoms with E-state index in [9.17, 15) is 8.42 Å².